The fourth-order valence-electron chi connectivity index (χ4n) is 3.03. The first kappa shape index (κ1) is 19.3. The summed E-state index contributed by atoms with van der Waals surface area (Å²) < 4.78 is 18.6. The van der Waals surface area contributed by atoms with Crippen LogP contribution in [0.3, 0.4) is 0 Å². The standard InChI is InChI=1S/C20H20FN3O4/c1-28-19-8-2-15(14-18(19)21)3-9-20(25)23-12-10-22(11-13-23)16-4-6-17(7-5-16)24(26)27/h2-9,14H,10-13H2,1H3/b9-3+. The van der Waals surface area contributed by atoms with Crippen LogP contribution in [0.2, 0.25) is 0 Å². The van der Waals surface area contributed by atoms with Crippen molar-refractivity contribution in [2.75, 3.05) is 38.2 Å². The fraction of sp³-hybridized carbons (Fsp3) is 0.250. The maximum absolute atomic E-state index is 13.7. The Kier molecular flexibility index (Phi) is 5.88. The second-order valence-corrected chi connectivity index (χ2v) is 6.31. The van der Waals surface area contributed by atoms with Gasteiger partial charge in [0.25, 0.3) is 5.69 Å². The molecule has 0 N–H and O–H groups in total. The lowest BCUT2D eigenvalue weighted by Crippen LogP contribution is -2.48. The molecule has 0 atom stereocenters. The number of rotatable bonds is 5. The van der Waals surface area contributed by atoms with Gasteiger partial charge in [0.2, 0.25) is 5.91 Å². The lowest BCUT2D eigenvalue weighted by molar-refractivity contribution is -0.384. The summed E-state index contributed by atoms with van der Waals surface area (Å²) in [5, 5.41) is 10.7. The van der Waals surface area contributed by atoms with Gasteiger partial charge in [-0.25, -0.2) is 4.39 Å². The predicted octanol–water partition coefficient (Wildman–Crippen LogP) is 3.10. The molecular weight excluding hydrogens is 365 g/mol. The number of piperazine rings is 1. The van der Waals surface area contributed by atoms with Gasteiger partial charge in [0.05, 0.1) is 12.0 Å². The van der Waals surface area contributed by atoms with Crippen LogP contribution in [0.25, 0.3) is 6.08 Å². The highest BCUT2D eigenvalue weighted by Crippen LogP contribution is 2.21. The smallest absolute Gasteiger partial charge is 0.269 e. The van der Waals surface area contributed by atoms with Crippen LogP contribution < -0.4 is 9.64 Å². The summed E-state index contributed by atoms with van der Waals surface area (Å²) in [5.74, 6) is -0.459. The fourth-order valence-corrected chi connectivity index (χ4v) is 3.03. The maximum Gasteiger partial charge on any atom is 0.269 e. The van der Waals surface area contributed by atoms with Crippen LogP contribution in [0.5, 0.6) is 5.75 Å². The van der Waals surface area contributed by atoms with Crippen molar-refractivity contribution in [2.24, 2.45) is 0 Å². The minimum Gasteiger partial charge on any atom is -0.494 e. The quantitative estimate of drug-likeness (QED) is 0.449. The Morgan fingerprint density at radius 1 is 1.14 bits per heavy atom. The van der Waals surface area contributed by atoms with Crippen molar-refractivity contribution < 1.29 is 18.8 Å². The van der Waals surface area contributed by atoms with E-state index in [1.807, 2.05) is 0 Å². The van der Waals surface area contributed by atoms with Crippen molar-refractivity contribution in [1.29, 1.82) is 0 Å². The number of nitrogens with zero attached hydrogens (tertiary/aromatic N) is 3. The number of amides is 1. The largest absolute Gasteiger partial charge is 0.494 e. The van der Waals surface area contributed by atoms with Gasteiger partial charge in [-0.2, -0.15) is 0 Å². The Labute approximate surface area is 161 Å². The molecule has 0 aliphatic carbocycles. The van der Waals surface area contributed by atoms with E-state index in [1.54, 1.807) is 29.2 Å². The van der Waals surface area contributed by atoms with Crippen LogP contribution in [0.4, 0.5) is 15.8 Å². The van der Waals surface area contributed by atoms with E-state index in [2.05, 4.69) is 4.90 Å². The molecule has 1 aliphatic heterocycles. The number of ether oxygens (including phenoxy) is 1. The van der Waals surface area contributed by atoms with E-state index in [1.165, 1.54) is 37.5 Å². The van der Waals surface area contributed by atoms with E-state index in [-0.39, 0.29) is 17.3 Å². The van der Waals surface area contributed by atoms with E-state index in [0.29, 0.717) is 31.7 Å². The summed E-state index contributed by atoms with van der Waals surface area (Å²) in [5.41, 5.74) is 1.52. The van der Waals surface area contributed by atoms with E-state index < -0.39 is 10.7 Å². The number of non-ortho nitro benzene ring substituents is 1. The van der Waals surface area contributed by atoms with Crippen molar-refractivity contribution in [2.45, 2.75) is 0 Å². The SMILES string of the molecule is COc1ccc(/C=C/C(=O)N2CCN(c3ccc([N+](=O)[O-])cc3)CC2)cc1F. The number of carbonyl (C=O) groups is 1. The van der Waals surface area contributed by atoms with Gasteiger partial charge in [-0.15, -0.1) is 0 Å². The monoisotopic (exact) mass is 385 g/mol. The minimum atomic E-state index is -0.478. The number of anilines is 1. The summed E-state index contributed by atoms with van der Waals surface area (Å²) in [6.45, 7) is 2.34. The molecule has 2 aromatic rings. The number of nitro benzene ring substituents is 1. The normalized spacial score (nSPS) is 14.4. The van der Waals surface area contributed by atoms with Crippen LogP contribution in [0.15, 0.2) is 48.5 Å². The van der Waals surface area contributed by atoms with Gasteiger partial charge in [0, 0.05) is 50.1 Å². The molecule has 1 heterocycles. The predicted molar refractivity (Wildman–Crippen MR) is 104 cm³/mol. The molecule has 0 bridgehead atoms. The Morgan fingerprint density at radius 3 is 2.39 bits per heavy atom. The number of hydrogen-bond acceptors (Lipinski definition) is 5. The molecule has 146 valence electrons. The lowest BCUT2D eigenvalue weighted by Gasteiger charge is -2.35. The second kappa shape index (κ2) is 8.51. The van der Waals surface area contributed by atoms with E-state index >= 15 is 0 Å². The van der Waals surface area contributed by atoms with Gasteiger partial charge in [0.15, 0.2) is 11.6 Å². The van der Waals surface area contributed by atoms with Crippen molar-refractivity contribution in [1.82, 2.24) is 4.90 Å². The number of hydrogen-bond donors (Lipinski definition) is 0. The van der Waals surface area contributed by atoms with Gasteiger partial charge in [-0.05, 0) is 35.9 Å². The molecule has 1 saturated heterocycles. The first-order valence-corrected chi connectivity index (χ1v) is 8.78. The summed E-state index contributed by atoms with van der Waals surface area (Å²) in [7, 11) is 1.40. The molecule has 8 heteroatoms. The van der Waals surface area contributed by atoms with Crippen LogP contribution in [0.1, 0.15) is 5.56 Å². The van der Waals surface area contributed by atoms with Crippen molar-refractivity contribution in [3.05, 3.63) is 70.0 Å². The van der Waals surface area contributed by atoms with Gasteiger partial charge < -0.3 is 14.5 Å². The van der Waals surface area contributed by atoms with Crippen molar-refractivity contribution in [3.8, 4) is 5.75 Å². The third-order valence-corrected chi connectivity index (χ3v) is 4.61. The molecule has 3 rings (SSSR count). The zero-order chi connectivity index (χ0) is 20.1. The molecular formula is C20H20FN3O4. The van der Waals surface area contributed by atoms with Crippen LogP contribution in [-0.4, -0.2) is 49.0 Å². The van der Waals surface area contributed by atoms with Gasteiger partial charge in [-0.3, -0.25) is 14.9 Å². The highest BCUT2D eigenvalue weighted by atomic mass is 19.1. The first-order chi connectivity index (χ1) is 13.5. The van der Waals surface area contributed by atoms with Crippen LogP contribution in [-0.2, 0) is 4.79 Å². The van der Waals surface area contributed by atoms with Crippen molar-refractivity contribution >= 4 is 23.4 Å². The van der Waals surface area contributed by atoms with Crippen molar-refractivity contribution in [3.63, 3.8) is 0 Å². The zero-order valence-corrected chi connectivity index (χ0v) is 15.4. The van der Waals surface area contributed by atoms with Crippen LogP contribution >= 0.6 is 0 Å². The number of carbonyl (C=O) groups excluding carboxylic acids is 1. The maximum atomic E-state index is 13.7. The highest BCUT2D eigenvalue weighted by molar-refractivity contribution is 5.92. The molecule has 0 unspecified atom stereocenters. The minimum absolute atomic E-state index is 0.0534. The third kappa shape index (κ3) is 4.46. The lowest BCUT2D eigenvalue weighted by atomic mass is 10.2. The van der Waals surface area contributed by atoms with Gasteiger partial charge >= 0.3 is 0 Å². The number of nitro groups is 1. The highest BCUT2D eigenvalue weighted by Gasteiger charge is 2.20. The second-order valence-electron chi connectivity index (χ2n) is 6.31. The van der Waals surface area contributed by atoms with Gasteiger partial charge in [0.1, 0.15) is 0 Å². The molecule has 2 aromatic carbocycles. The van der Waals surface area contributed by atoms with E-state index in [4.69, 9.17) is 4.74 Å². The zero-order valence-electron chi connectivity index (χ0n) is 15.4. The summed E-state index contributed by atoms with van der Waals surface area (Å²) in [6.07, 6.45) is 3.01. The molecule has 1 aliphatic rings. The summed E-state index contributed by atoms with van der Waals surface area (Å²) in [4.78, 5) is 26.5. The molecule has 0 saturated carbocycles. The number of benzene rings is 2. The van der Waals surface area contributed by atoms with E-state index in [9.17, 15) is 19.3 Å². The molecule has 0 spiro atoms. The Balaban J connectivity index is 1.56. The van der Waals surface area contributed by atoms with E-state index in [0.717, 1.165) is 5.69 Å². The molecule has 1 fully saturated rings. The van der Waals surface area contributed by atoms with Gasteiger partial charge in [-0.1, -0.05) is 6.07 Å². The molecule has 0 aromatic heterocycles. The average Bonchev–Trinajstić information content (AvgIpc) is 2.72. The number of halogens is 1. The Hall–Kier alpha value is -3.42. The molecule has 1 amide bonds. The molecule has 28 heavy (non-hydrogen) atoms. The van der Waals surface area contributed by atoms with Crippen LogP contribution in [0, 0.1) is 15.9 Å². The topological polar surface area (TPSA) is 75.9 Å². The Bertz CT molecular complexity index is 891. The molecule has 0 radical (unpaired) electrons. The summed E-state index contributed by atoms with van der Waals surface area (Å²) in [6, 6.07) is 10.9. The number of methoxy groups -OCH3 is 1. The summed E-state index contributed by atoms with van der Waals surface area (Å²) >= 11 is 0. The average molecular weight is 385 g/mol. The molecule has 7 nitrogen and oxygen atoms in total. The first-order valence-electron chi connectivity index (χ1n) is 8.78. The third-order valence-electron chi connectivity index (χ3n) is 4.61. The Morgan fingerprint density at radius 2 is 1.82 bits per heavy atom.